The summed E-state index contributed by atoms with van der Waals surface area (Å²) in [5.41, 5.74) is 1.20. The van der Waals surface area contributed by atoms with Gasteiger partial charge >= 0.3 is 0 Å². The van der Waals surface area contributed by atoms with Crippen LogP contribution in [0.25, 0.3) is 0 Å². The molecule has 2 N–H and O–H groups in total. The van der Waals surface area contributed by atoms with Gasteiger partial charge in [0.1, 0.15) is 5.75 Å². The second kappa shape index (κ2) is 5.51. The van der Waals surface area contributed by atoms with Crippen LogP contribution in [0.15, 0.2) is 28.5 Å². The molecule has 0 spiro atoms. The van der Waals surface area contributed by atoms with Crippen LogP contribution >= 0.6 is 11.3 Å². The molecule has 20 heavy (non-hydrogen) atoms. The summed E-state index contributed by atoms with van der Waals surface area (Å²) >= 11 is 1.15. The third kappa shape index (κ3) is 3.17. The number of hydrogen-bond donors (Lipinski definition) is 2. The second-order valence-corrected chi connectivity index (χ2v) is 7.66. The number of phenolic OH excluding ortho intramolecular Hbond substituents is 1. The van der Waals surface area contributed by atoms with Gasteiger partial charge in [-0.2, -0.15) is 0 Å². The Kier molecular flexibility index (Phi) is 4.12. The summed E-state index contributed by atoms with van der Waals surface area (Å²) in [6.45, 7) is 5.18. The molecule has 0 aliphatic heterocycles. The van der Waals surface area contributed by atoms with E-state index in [-0.39, 0.29) is 9.96 Å². The topological polar surface area (TPSA) is 79.3 Å². The van der Waals surface area contributed by atoms with Crippen molar-refractivity contribution in [2.75, 3.05) is 0 Å². The zero-order chi connectivity index (χ0) is 14.9. The average Bonchev–Trinajstić information content (AvgIpc) is 2.69. The Morgan fingerprint density at radius 1 is 1.35 bits per heavy atom. The lowest BCUT2D eigenvalue weighted by Crippen LogP contribution is -2.26. The third-order valence-electron chi connectivity index (χ3n) is 2.81. The molecule has 0 aliphatic carbocycles. The van der Waals surface area contributed by atoms with Crippen molar-refractivity contribution in [3.63, 3.8) is 0 Å². The molecule has 0 radical (unpaired) electrons. The molecule has 0 fully saturated rings. The molecule has 0 saturated heterocycles. The first-order valence-electron chi connectivity index (χ1n) is 6.05. The van der Waals surface area contributed by atoms with Crippen LogP contribution in [0, 0.1) is 13.8 Å². The van der Waals surface area contributed by atoms with E-state index in [9.17, 15) is 13.5 Å². The number of phenols is 1. The molecule has 1 atom stereocenters. The second-order valence-electron chi connectivity index (χ2n) is 4.54. The minimum Gasteiger partial charge on any atom is -0.508 e. The molecular formula is C13H16N2O3S2. The van der Waals surface area contributed by atoms with Gasteiger partial charge in [0.25, 0.3) is 10.0 Å². The van der Waals surface area contributed by atoms with Gasteiger partial charge in [-0.15, -0.1) is 11.3 Å². The first-order chi connectivity index (χ1) is 9.29. The van der Waals surface area contributed by atoms with Gasteiger partial charge in [-0.05, 0) is 38.5 Å². The number of aromatic hydroxyl groups is 1. The number of nitrogens with zero attached hydrogens (tertiary/aromatic N) is 1. The van der Waals surface area contributed by atoms with Gasteiger partial charge in [0.2, 0.25) is 0 Å². The van der Waals surface area contributed by atoms with E-state index >= 15 is 0 Å². The summed E-state index contributed by atoms with van der Waals surface area (Å²) in [6, 6.07) is 6.09. The zero-order valence-corrected chi connectivity index (χ0v) is 13.0. The normalized spacial score (nSPS) is 13.3. The lowest BCUT2D eigenvalue weighted by molar-refractivity contribution is 0.473. The fraction of sp³-hybridized carbons (Fsp3) is 0.308. The molecule has 0 saturated carbocycles. The van der Waals surface area contributed by atoms with Crippen molar-refractivity contribution in [1.29, 1.82) is 0 Å². The summed E-state index contributed by atoms with van der Waals surface area (Å²) in [5, 5.41) is 10.2. The molecule has 0 amide bonds. The minimum atomic E-state index is -3.61. The molecule has 2 aromatic rings. The lowest BCUT2D eigenvalue weighted by Gasteiger charge is -2.14. The molecule has 0 aliphatic rings. The van der Waals surface area contributed by atoms with E-state index in [0.29, 0.717) is 16.3 Å². The van der Waals surface area contributed by atoms with E-state index in [4.69, 9.17) is 0 Å². The molecular weight excluding hydrogens is 296 g/mol. The van der Waals surface area contributed by atoms with Gasteiger partial charge in [-0.25, -0.2) is 18.1 Å². The summed E-state index contributed by atoms with van der Waals surface area (Å²) in [5.74, 6) is 0.110. The highest BCUT2D eigenvalue weighted by atomic mass is 32.2. The van der Waals surface area contributed by atoms with Crippen molar-refractivity contribution < 1.29 is 13.5 Å². The van der Waals surface area contributed by atoms with Gasteiger partial charge in [0.05, 0.1) is 10.7 Å². The number of sulfonamides is 1. The standard InChI is InChI=1S/C13H16N2O3S2/c1-8(11-5-4-6-12(16)7-11)15-20(17,18)13-9(2)14-10(3)19-13/h4-8,15-16H,1-3H3/t8-/m1/s1. The van der Waals surface area contributed by atoms with Gasteiger partial charge in [-0.1, -0.05) is 12.1 Å². The summed E-state index contributed by atoms with van der Waals surface area (Å²) in [6.07, 6.45) is 0. The third-order valence-corrected chi connectivity index (χ3v) is 6.03. The van der Waals surface area contributed by atoms with Crippen molar-refractivity contribution in [3.05, 3.63) is 40.5 Å². The molecule has 1 heterocycles. The Morgan fingerprint density at radius 2 is 2.05 bits per heavy atom. The van der Waals surface area contributed by atoms with Gasteiger partial charge in [0, 0.05) is 6.04 Å². The summed E-state index contributed by atoms with van der Waals surface area (Å²) in [4.78, 5) is 4.13. The van der Waals surface area contributed by atoms with Crippen molar-refractivity contribution in [3.8, 4) is 5.75 Å². The largest absolute Gasteiger partial charge is 0.508 e. The van der Waals surface area contributed by atoms with Crippen molar-refractivity contribution >= 4 is 21.4 Å². The van der Waals surface area contributed by atoms with Crippen LogP contribution in [0.4, 0.5) is 0 Å². The number of aryl methyl sites for hydroxylation is 2. The number of aromatic nitrogens is 1. The SMILES string of the molecule is Cc1nc(C)c(S(=O)(=O)N[C@H](C)c2cccc(O)c2)s1. The molecule has 1 aromatic carbocycles. The van der Waals surface area contributed by atoms with Gasteiger partial charge in [0.15, 0.2) is 4.21 Å². The van der Waals surface area contributed by atoms with Crippen molar-refractivity contribution in [2.45, 2.75) is 31.0 Å². The van der Waals surface area contributed by atoms with Crippen LogP contribution < -0.4 is 4.72 Å². The average molecular weight is 312 g/mol. The zero-order valence-electron chi connectivity index (χ0n) is 11.4. The van der Waals surface area contributed by atoms with Gasteiger partial charge < -0.3 is 5.11 Å². The smallest absolute Gasteiger partial charge is 0.252 e. The number of thiazole rings is 1. The Labute approximate surface area is 122 Å². The molecule has 0 bridgehead atoms. The first kappa shape index (κ1) is 15.0. The van der Waals surface area contributed by atoms with Crippen molar-refractivity contribution in [1.82, 2.24) is 9.71 Å². The number of hydrogen-bond acceptors (Lipinski definition) is 5. The summed E-state index contributed by atoms with van der Waals surface area (Å²) in [7, 11) is -3.61. The minimum absolute atomic E-state index is 0.110. The monoisotopic (exact) mass is 312 g/mol. The molecule has 2 rings (SSSR count). The Morgan fingerprint density at radius 3 is 2.60 bits per heavy atom. The van der Waals surface area contributed by atoms with E-state index in [0.717, 1.165) is 11.3 Å². The number of rotatable bonds is 4. The number of nitrogens with one attached hydrogen (secondary N) is 1. The van der Waals surface area contributed by atoms with Crippen LogP contribution in [-0.4, -0.2) is 18.5 Å². The Balaban J connectivity index is 2.27. The molecule has 1 aromatic heterocycles. The Hall–Kier alpha value is -1.44. The quantitative estimate of drug-likeness (QED) is 0.909. The summed E-state index contributed by atoms with van der Waals surface area (Å²) < 4.78 is 27.5. The Bertz CT molecular complexity index is 723. The van der Waals surface area contributed by atoms with E-state index in [1.165, 1.54) is 6.07 Å². The molecule has 5 nitrogen and oxygen atoms in total. The van der Waals surface area contributed by atoms with E-state index in [1.54, 1.807) is 39.0 Å². The van der Waals surface area contributed by atoms with Crippen LogP contribution in [0.5, 0.6) is 5.75 Å². The van der Waals surface area contributed by atoms with E-state index in [1.807, 2.05) is 0 Å². The predicted octanol–water partition coefficient (Wildman–Crippen LogP) is 2.51. The van der Waals surface area contributed by atoms with Crippen molar-refractivity contribution in [2.24, 2.45) is 0 Å². The van der Waals surface area contributed by atoms with Gasteiger partial charge in [-0.3, -0.25) is 0 Å². The molecule has 7 heteroatoms. The van der Waals surface area contributed by atoms with Crippen LogP contribution in [0.2, 0.25) is 0 Å². The fourth-order valence-electron chi connectivity index (χ4n) is 1.91. The molecule has 108 valence electrons. The fourth-order valence-corrected chi connectivity index (χ4v) is 4.64. The maximum absolute atomic E-state index is 12.3. The highest BCUT2D eigenvalue weighted by Crippen LogP contribution is 2.25. The molecule has 0 unspecified atom stereocenters. The highest BCUT2D eigenvalue weighted by molar-refractivity contribution is 7.91. The highest BCUT2D eigenvalue weighted by Gasteiger charge is 2.23. The van der Waals surface area contributed by atoms with Crippen LogP contribution in [0.3, 0.4) is 0 Å². The van der Waals surface area contributed by atoms with E-state index < -0.39 is 16.1 Å². The predicted molar refractivity (Wildman–Crippen MR) is 78.4 cm³/mol. The number of benzene rings is 1. The van der Waals surface area contributed by atoms with E-state index in [2.05, 4.69) is 9.71 Å². The lowest BCUT2D eigenvalue weighted by atomic mass is 10.1. The first-order valence-corrected chi connectivity index (χ1v) is 8.35. The maximum Gasteiger partial charge on any atom is 0.252 e. The van der Waals surface area contributed by atoms with Crippen LogP contribution in [0.1, 0.15) is 29.2 Å². The van der Waals surface area contributed by atoms with Crippen LogP contribution in [-0.2, 0) is 10.0 Å². The maximum atomic E-state index is 12.3.